The summed E-state index contributed by atoms with van der Waals surface area (Å²) in [6.07, 6.45) is 0. The highest BCUT2D eigenvalue weighted by Crippen LogP contribution is 2.19. The number of rotatable bonds is 7. The molecule has 2 rings (SSSR count). The number of para-hydroxylation sites is 1. The van der Waals surface area contributed by atoms with Gasteiger partial charge in [0.25, 0.3) is 0 Å². The summed E-state index contributed by atoms with van der Waals surface area (Å²) < 4.78 is 5.10. The Bertz CT molecular complexity index is 783. The molecule has 6 nitrogen and oxygen atoms in total. The van der Waals surface area contributed by atoms with Gasteiger partial charge in [-0.2, -0.15) is 0 Å². The SMILES string of the molecule is COc1ccc(NC(=O)[C@H](C)N(C)CC(=O)Nc2c(C)cccc2C)cc1. The van der Waals surface area contributed by atoms with Crippen molar-refractivity contribution in [1.82, 2.24) is 4.90 Å². The third-order valence-electron chi connectivity index (χ3n) is 4.54. The number of anilines is 2. The van der Waals surface area contributed by atoms with E-state index in [2.05, 4.69) is 10.6 Å². The Balaban J connectivity index is 1.92. The van der Waals surface area contributed by atoms with Crippen molar-refractivity contribution in [2.24, 2.45) is 0 Å². The highest BCUT2D eigenvalue weighted by atomic mass is 16.5. The average molecular weight is 369 g/mol. The fourth-order valence-electron chi connectivity index (χ4n) is 2.68. The van der Waals surface area contributed by atoms with E-state index < -0.39 is 6.04 Å². The standard InChI is InChI=1S/C21H27N3O3/c1-14-7-6-8-15(2)20(14)23-19(25)13-24(4)16(3)21(26)22-17-9-11-18(27-5)12-10-17/h6-12,16H,13H2,1-5H3,(H,22,26)(H,23,25)/t16-/m0/s1. The second-order valence-electron chi connectivity index (χ2n) is 6.62. The van der Waals surface area contributed by atoms with E-state index in [9.17, 15) is 9.59 Å². The normalized spacial score (nSPS) is 11.8. The largest absolute Gasteiger partial charge is 0.497 e. The number of nitrogens with zero attached hydrogens (tertiary/aromatic N) is 1. The zero-order valence-electron chi connectivity index (χ0n) is 16.5. The highest BCUT2D eigenvalue weighted by Gasteiger charge is 2.20. The number of amides is 2. The van der Waals surface area contributed by atoms with Gasteiger partial charge in [0.2, 0.25) is 11.8 Å². The Morgan fingerprint density at radius 3 is 2.19 bits per heavy atom. The summed E-state index contributed by atoms with van der Waals surface area (Å²) in [6.45, 7) is 5.80. The molecule has 2 aromatic carbocycles. The minimum atomic E-state index is -0.462. The quantitative estimate of drug-likeness (QED) is 0.786. The second kappa shape index (κ2) is 9.19. The fraction of sp³-hybridized carbons (Fsp3) is 0.333. The van der Waals surface area contributed by atoms with E-state index in [4.69, 9.17) is 4.74 Å². The lowest BCUT2D eigenvalue weighted by Gasteiger charge is -2.23. The van der Waals surface area contributed by atoms with Gasteiger partial charge in [0.1, 0.15) is 5.75 Å². The lowest BCUT2D eigenvalue weighted by Crippen LogP contribution is -2.43. The first-order valence-corrected chi connectivity index (χ1v) is 8.83. The van der Waals surface area contributed by atoms with Crippen molar-refractivity contribution in [3.05, 3.63) is 53.6 Å². The zero-order chi connectivity index (χ0) is 20.0. The van der Waals surface area contributed by atoms with Crippen molar-refractivity contribution < 1.29 is 14.3 Å². The van der Waals surface area contributed by atoms with Crippen LogP contribution in [0.1, 0.15) is 18.1 Å². The van der Waals surface area contributed by atoms with Gasteiger partial charge in [0, 0.05) is 11.4 Å². The van der Waals surface area contributed by atoms with E-state index in [1.165, 1.54) is 0 Å². The molecule has 0 bridgehead atoms. The maximum absolute atomic E-state index is 12.4. The third-order valence-corrected chi connectivity index (χ3v) is 4.54. The van der Waals surface area contributed by atoms with Gasteiger partial charge in [-0.1, -0.05) is 18.2 Å². The van der Waals surface area contributed by atoms with Crippen LogP contribution in [0.3, 0.4) is 0 Å². The number of benzene rings is 2. The summed E-state index contributed by atoms with van der Waals surface area (Å²) in [5.74, 6) is 0.392. The topological polar surface area (TPSA) is 70.7 Å². The van der Waals surface area contributed by atoms with Crippen molar-refractivity contribution in [3.63, 3.8) is 0 Å². The van der Waals surface area contributed by atoms with E-state index in [1.807, 2.05) is 32.0 Å². The zero-order valence-corrected chi connectivity index (χ0v) is 16.5. The van der Waals surface area contributed by atoms with Gasteiger partial charge >= 0.3 is 0 Å². The number of carbonyl (C=O) groups is 2. The molecule has 0 saturated heterocycles. The van der Waals surface area contributed by atoms with Crippen LogP contribution >= 0.6 is 0 Å². The molecule has 144 valence electrons. The monoisotopic (exact) mass is 369 g/mol. The van der Waals surface area contributed by atoms with Crippen molar-refractivity contribution in [2.45, 2.75) is 26.8 Å². The van der Waals surface area contributed by atoms with Gasteiger partial charge in [0.15, 0.2) is 0 Å². The van der Waals surface area contributed by atoms with Crippen LogP contribution in [-0.2, 0) is 9.59 Å². The summed E-state index contributed by atoms with van der Waals surface area (Å²) >= 11 is 0. The molecular weight excluding hydrogens is 342 g/mol. The van der Waals surface area contributed by atoms with Crippen LogP contribution in [0.2, 0.25) is 0 Å². The second-order valence-corrected chi connectivity index (χ2v) is 6.62. The fourth-order valence-corrected chi connectivity index (χ4v) is 2.68. The summed E-state index contributed by atoms with van der Waals surface area (Å²) in [7, 11) is 3.34. The van der Waals surface area contributed by atoms with Gasteiger partial charge in [-0.15, -0.1) is 0 Å². The first kappa shape index (κ1) is 20.5. The Morgan fingerprint density at radius 1 is 1.04 bits per heavy atom. The van der Waals surface area contributed by atoms with Crippen LogP contribution in [0.25, 0.3) is 0 Å². The van der Waals surface area contributed by atoms with Gasteiger partial charge in [-0.3, -0.25) is 14.5 Å². The van der Waals surface area contributed by atoms with E-state index in [1.54, 1.807) is 50.2 Å². The van der Waals surface area contributed by atoms with Crippen molar-refractivity contribution in [3.8, 4) is 5.75 Å². The number of nitrogens with one attached hydrogen (secondary N) is 2. The molecule has 0 heterocycles. The first-order valence-electron chi connectivity index (χ1n) is 8.83. The van der Waals surface area contributed by atoms with Crippen LogP contribution < -0.4 is 15.4 Å². The highest BCUT2D eigenvalue weighted by molar-refractivity contribution is 5.96. The van der Waals surface area contributed by atoms with Crippen LogP contribution in [0, 0.1) is 13.8 Å². The summed E-state index contributed by atoms with van der Waals surface area (Å²) in [4.78, 5) is 26.5. The molecule has 2 amide bonds. The van der Waals surface area contributed by atoms with Crippen molar-refractivity contribution in [2.75, 3.05) is 31.3 Å². The molecule has 0 unspecified atom stereocenters. The smallest absolute Gasteiger partial charge is 0.241 e. The predicted molar refractivity (Wildman–Crippen MR) is 108 cm³/mol. The summed E-state index contributed by atoms with van der Waals surface area (Å²) in [5.41, 5.74) is 3.53. The maximum Gasteiger partial charge on any atom is 0.241 e. The minimum absolute atomic E-state index is 0.116. The molecule has 0 aliphatic heterocycles. The Kier molecular flexibility index (Phi) is 6.96. The number of hydrogen-bond donors (Lipinski definition) is 2. The average Bonchev–Trinajstić information content (AvgIpc) is 2.64. The number of hydrogen-bond acceptors (Lipinski definition) is 4. The number of aryl methyl sites for hydroxylation is 2. The molecule has 6 heteroatoms. The lowest BCUT2D eigenvalue weighted by molar-refractivity contribution is -0.122. The molecule has 27 heavy (non-hydrogen) atoms. The molecule has 0 aliphatic rings. The maximum atomic E-state index is 12.4. The predicted octanol–water partition coefficient (Wildman–Crippen LogP) is 3.21. The summed E-state index contributed by atoms with van der Waals surface area (Å²) in [6, 6.07) is 12.5. The molecule has 0 aromatic heterocycles. The summed E-state index contributed by atoms with van der Waals surface area (Å²) in [5, 5.41) is 5.79. The van der Waals surface area contributed by atoms with Gasteiger partial charge in [0.05, 0.1) is 19.7 Å². The van der Waals surface area contributed by atoms with E-state index >= 15 is 0 Å². The van der Waals surface area contributed by atoms with Crippen LogP contribution in [0.5, 0.6) is 5.75 Å². The first-order chi connectivity index (χ1) is 12.8. The molecule has 2 N–H and O–H groups in total. The number of methoxy groups -OCH3 is 1. The molecule has 2 aromatic rings. The van der Waals surface area contributed by atoms with Gasteiger partial charge < -0.3 is 15.4 Å². The van der Waals surface area contributed by atoms with E-state index in [0.29, 0.717) is 5.69 Å². The molecular formula is C21H27N3O3. The van der Waals surface area contributed by atoms with Crippen LogP contribution in [0.15, 0.2) is 42.5 Å². The lowest BCUT2D eigenvalue weighted by atomic mass is 10.1. The van der Waals surface area contributed by atoms with E-state index in [0.717, 1.165) is 22.6 Å². The van der Waals surface area contributed by atoms with Gasteiger partial charge in [-0.05, 0) is 63.2 Å². The minimum Gasteiger partial charge on any atom is -0.497 e. The Morgan fingerprint density at radius 2 is 1.63 bits per heavy atom. The van der Waals surface area contributed by atoms with Gasteiger partial charge in [-0.25, -0.2) is 0 Å². The molecule has 1 atom stereocenters. The van der Waals surface area contributed by atoms with Crippen LogP contribution in [-0.4, -0.2) is 43.5 Å². The van der Waals surface area contributed by atoms with Crippen molar-refractivity contribution >= 4 is 23.2 Å². The number of ether oxygens (including phenoxy) is 1. The molecule has 0 saturated carbocycles. The third kappa shape index (κ3) is 5.56. The molecule has 0 aliphatic carbocycles. The molecule has 0 fully saturated rings. The van der Waals surface area contributed by atoms with Crippen LogP contribution in [0.4, 0.5) is 11.4 Å². The van der Waals surface area contributed by atoms with Crippen molar-refractivity contribution in [1.29, 1.82) is 0 Å². The molecule has 0 spiro atoms. The number of carbonyl (C=O) groups excluding carboxylic acids is 2. The Hall–Kier alpha value is -2.86. The molecule has 0 radical (unpaired) electrons. The van der Waals surface area contributed by atoms with E-state index in [-0.39, 0.29) is 18.4 Å². The number of likely N-dealkylation sites (N-methyl/N-ethyl adjacent to an activating group) is 1. The Labute approximate surface area is 160 Å².